The van der Waals surface area contributed by atoms with Gasteiger partial charge in [0, 0.05) is 25.7 Å². The fraction of sp³-hybridized carbons (Fsp3) is 0.500. The number of nitrogens with one attached hydrogen (secondary N) is 1. The fourth-order valence-electron chi connectivity index (χ4n) is 3.06. The molecule has 7 nitrogen and oxygen atoms in total. The maximum Gasteiger partial charge on any atom is 0.263 e. The molecule has 0 radical (unpaired) electrons. The standard InChI is InChI=1S/C16H21N5O2S/c1-21-12-6-3-2-5-10(12)9-11(15(21)23)14(22)18-8-4-7-13-19-20-16(17)24-13/h9H,2-8H2,1H3,(H2,17,20)(H,18,22). The van der Waals surface area contributed by atoms with E-state index in [0.717, 1.165) is 48.4 Å². The fourth-order valence-corrected chi connectivity index (χ4v) is 3.71. The molecule has 0 bridgehead atoms. The van der Waals surface area contributed by atoms with E-state index in [1.54, 1.807) is 17.7 Å². The van der Waals surface area contributed by atoms with Crippen molar-refractivity contribution in [2.24, 2.45) is 7.05 Å². The summed E-state index contributed by atoms with van der Waals surface area (Å²) in [5.41, 5.74) is 7.74. The molecule has 3 rings (SSSR count). The van der Waals surface area contributed by atoms with E-state index < -0.39 is 0 Å². The smallest absolute Gasteiger partial charge is 0.263 e. The number of nitrogen functional groups attached to an aromatic ring is 1. The predicted molar refractivity (Wildman–Crippen MR) is 93.3 cm³/mol. The van der Waals surface area contributed by atoms with Crippen LogP contribution in [0.5, 0.6) is 0 Å². The second-order valence-electron chi connectivity index (χ2n) is 5.99. The monoisotopic (exact) mass is 347 g/mol. The molecule has 3 N–H and O–H groups in total. The van der Waals surface area contributed by atoms with Crippen molar-refractivity contribution in [3.05, 3.63) is 38.2 Å². The quantitative estimate of drug-likeness (QED) is 0.787. The summed E-state index contributed by atoms with van der Waals surface area (Å²) < 4.78 is 1.63. The topological polar surface area (TPSA) is 103 Å². The van der Waals surface area contributed by atoms with Gasteiger partial charge in [-0.1, -0.05) is 11.3 Å². The summed E-state index contributed by atoms with van der Waals surface area (Å²) >= 11 is 1.35. The number of hydrogen-bond donors (Lipinski definition) is 2. The molecule has 2 heterocycles. The molecule has 0 aromatic carbocycles. The average molecular weight is 347 g/mol. The molecule has 128 valence electrons. The summed E-state index contributed by atoms with van der Waals surface area (Å²) in [6, 6.07) is 1.78. The summed E-state index contributed by atoms with van der Waals surface area (Å²) in [5, 5.41) is 11.8. The summed E-state index contributed by atoms with van der Waals surface area (Å²) in [6.07, 6.45) is 5.48. The molecule has 0 aliphatic heterocycles. The summed E-state index contributed by atoms with van der Waals surface area (Å²) in [6.45, 7) is 0.485. The first-order valence-corrected chi connectivity index (χ1v) is 8.95. The molecule has 0 atom stereocenters. The zero-order chi connectivity index (χ0) is 17.1. The number of pyridine rings is 1. The molecule has 0 unspecified atom stereocenters. The molecule has 0 saturated carbocycles. The Labute approximate surface area is 143 Å². The van der Waals surface area contributed by atoms with Gasteiger partial charge in [-0.2, -0.15) is 0 Å². The van der Waals surface area contributed by atoms with Crippen molar-refractivity contribution < 1.29 is 4.79 Å². The van der Waals surface area contributed by atoms with Crippen molar-refractivity contribution in [2.75, 3.05) is 12.3 Å². The van der Waals surface area contributed by atoms with E-state index in [2.05, 4.69) is 15.5 Å². The number of carbonyl (C=O) groups excluding carboxylic acids is 1. The normalized spacial score (nSPS) is 13.5. The summed E-state index contributed by atoms with van der Waals surface area (Å²) in [5.74, 6) is -0.305. The van der Waals surface area contributed by atoms with Crippen LogP contribution in [-0.4, -0.2) is 27.2 Å². The van der Waals surface area contributed by atoms with Crippen molar-refractivity contribution in [2.45, 2.75) is 38.5 Å². The van der Waals surface area contributed by atoms with Gasteiger partial charge < -0.3 is 15.6 Å². The molecular weight excluding hydrogens is 326 g/mol. The number of rotatable bonds is 5. The number of aryl methyl sites for hydroxylation is 2. The molecule has 8 heteroatoms. The molecular formula is C16H21N5O2S. The van der Waals surface area contributed by atoms with E-state index in [9.17, 15) is 9.59 Å². The molecule has 1 amide bonds. The van der Waals surface area contributed by atoms with Crippen molar-refractivity contribution >= 4 is 22.4 Å². The lowest BCUT2D eigenvalue weighted by Gasteiger charge is -2.20. The van der Waals surface area contributed by atoms with Crippen LogP contribution < -0.4 is 16.6 Å². The van der Waals surface area contributed by atoms with Gasteiger partial charge in [-0.15, -0.1) is 10.2 Å². The Morgan fingerprint density at radius 1 is 1.38 bits per heavy atom. The average Bonchev–Trinajstić information content (AvgIpc) is 3.00. The van der Waals surface area contributed by atoms with Crippen LogP contribution in [0.1, 0.15) is 45.9 Å². The highest BCUT2D eigenvalue weighted by Crippen LogP contribution is 2.20. The second-order valence-corrected chi connectivity index (χ2v) is 7.09. The third-order valence-corrected chi connectivity index (χ3v) is 5.13. The Morgan fingerprint density at radius 2 is 2.17 bits per heavy atom. The van der Waals surface area contributed by atoms with Gasteiger partial charge in [-0.05, 0) is 43.7 Å². The number of amides is 1. The highest BCUT2D eigenvalue weighted by Gasteiger charge is 2.19. The number of hydrogen-bond acceptors (Lipinski definition) is 6. The number of nitrogens with two attached hydrogens (primary N) is 1. The number of anilines is 1. The zero-order valence-corrected chi connectivity index (χ0v) is 14.5. The van der Waals surface area contributed by atoms with Crippen LogP contribution in [0.15, 0.2) is 10.9 Å². The van der Waals surface area contributed by atoms with Gasteiger partial charge in [0.1, 0.15) is 10.6 Å². The molecule has 0 spiro atoms. The van der Waals surface area contributed by atoms with Crippen molar-refractivity contribution in [3.8, 4) is 0 Å². The molecule has 1 aliphatic carbocycles. The van der Waals surface area contributed by atoms with Crippen molar-refractivity contribution in [1.29, 1.82) is 0 Å². The zero-order valence-electron chi connectivity index (χ0n) is 13.7. The lowest BCUT2D eigenvalue weighted by atomic mass is 9.94. The lowest BCUT2D eigenvalue weighted by Crippen LogP contribution is -2.35. The third-order valence-electron chi connectivity index (χ3n) is 4.32. The molecule has 1 aliphatic rings. The SMILES string of the molecule is Cn1c2c(cc(C(=O)NCCCc3nnc(N)s3)c1=O)CCCC2. The van der Waals surface area contributed by atoms with Gasteiger partial charge in [0.15, 0.2) is 0 Å². The summed E-state index contributed by atoms with van der Waals surface area (Å²) in [4.78, 5) is 24.8. The Hall–Kier alpha value is -2.22. The highest BCUT2D eigenvalue weighted by atomic mass is 32.1. The minimum Gasteiger partial charge on any atom is -0.374 e. The maximum atomic E-state index is 12.4. The predicted octanol–water partition coefficient (Wildman–Crippen LogP) is 1.06. The molecule has 0 fully saturated rings. The van der Waals surface area contributed by atoms with E-state index in [4.69, 9.17) is 5.73 Å². The molecule has 0 saturated heterocycles. The summed E-state index contributed by atoms with van der Waals surface area (Å²) in [7, 11) is 1.75. The van der Waals surface area contributed by atoms with Crippen LogP contribution in [0.2, 0.25) is 0 Å². The van der Waals surface area contributed by atoms with Crippen molar-refractivity contribution in [3.63, 3.8) is 0 Å². The first-order chi connectivity index (χ1) is 11.6. The lowest BCUT2D eigenvalue weighted by molar-refractivity contribution is 0.0951. The van der Waals surface area contributed by atoms with Crippen LogP contribution in [0.3, 0.4) is 0 Å². The van der Waals surface area contributed by atoms with Gasteiger partial charge in [-0.25, -0.2) is 0 Å². The Kier molecular flexibility index (Phi) is 4.94. The number of aromatic nitrogens is 3. The first-order valence-electron chi connectivity index (χ1n) is 8.14. The van der Waals surface area contributed by atoms with E-state index in [1.165, 1.54) is 11.3 Å². The van der Waals surface area contributed by atoms with Gasteiger partial charge in [0.2, 0.25) is 5.13 Å². The maximum absolute atomic E-state index is 12.4. The minimum atomic E-state index is -0.305. The number of nitrogens with zero attached hydrogens (tertiary/aromatic N) is 3. The van der Waals surface area contributed by atoms with Crippen molar-refractivity contribution in [1.82, 2.24) is 20.1 Å². The molecule has 2 aromatic heterocycles. The molecule has 2 aromatic rings. The minimum absolute atomic E-state index is 0.218. The van der Waals surface area contributed by atoms with Gasteiger partial charge in [0.25, 0.3) is 11.5 Å². The number of fused-ring (bicyclic) bond motifs is 1. The van der Waals surface area contributed by atoms with Crippen LogP contribution in [0, 0.1) is 0 Å². The van der Waals surface area contributed by atoms with E-state index in [1.807, 2.05) is 0 Å². The van der Waals surface area contributed by atoms with Crippen LogP contribution in [0.25, 0.3) is 0 Å². The Balaban J connectivity index is 1.62. The van der Waals surface area contributed by atoms with Gasteiger partial charge in [0.05, 0.1) is 0 Å². The first kappa shape index (κ1) is 16.6. The highest BCUT2D eigenvalue weighted by molar-refractivity contribution is 7.15. The van der Waals surface area contributed by atoms with E-state index in [-0.39, 0.29) is 17.0 Å². The Morgan fingerprint density at radius 3 is 2.92 bits per heavy atom. The van der Waals surface area contributed by atoms with Gasteiger partial charge >= 0.3 is 0 Å². The number of carbonyl (C=O) groups is 1. The Bertz CT molecular complexity index is 811. The van der Waals surface area contributed by atoms with Crippen LogP contribution in [-0.2, 0) is 26.3 Å². The second kappa shape index (κ2) is 7.12. The van der Waals surface area contributed by atoms with E-state index in [0.29, 0.717) is 18.1 Å². The largest absolute Gasteiger partial charge is 0.374 e. The van der Waals surface area contributed by atoms with Crippen LogP contribution >= 0.6 is 11.3 Å². The van der Waals surface area contributed by atoms with E-state index >= 15 is 0 Å². The molecule has 24 heavy (non-hydrogen) atoms. The third kappa shape index (κ3) is 3.48. The van der Waals surface area contributed by atoms with Crippen LogP contribution in [0.4, 0.5) is 5.13 Å². The van der Waals surface area contributed by atoms with Gasteiger partial charge in [-0.3, -0.25) is 9.59 Å².